The summed E-state index contributed by atoms with van der Waals surface area (Å²) in [7, 11) is 1.57. The van der Waals surface area contributed by atoms with Gasteiger partial charge in [0, 0.05) is 18.1 Å². The lowest BCUT2D eigenvalue weighted by Gasteiger charge is -2.00. The van der Waals surface area contributed by atoms with E-state index in [4.69, 9.17) is 4.74 Å². The number of phenolic OH excluding ortho intramolecular Hbond substituents is 1. The van der Waals surface area contributed by atoms with E-state index in [0.29, 0.717) is 17.9 Å². The maximum atomic E-state index is 9.75. The van der Waals surface area contributed by atoms with Gasteiger partial charge in [-0.05, 0) is 12.1 Å². The molecule has 2 heterocycles. The average Bonchev–Trinajstić information content (AvgIpc) is 2.82. The van der Waals surface area contributed by atoms with E-state index in [0.717, 1.165) is 16.9 Å². The fourth-order valence-electron chi connectivity index (χ4n) is 1.96. The SMILES string of the molecule is COc1ccc2[nH]c(Cc3ccccc3O)nc2n1. The van der Waals surface area contributed by atoms with Crippen molar-refractivity contribution >= 4 is 11.2 Å². The molecule has 96 valence electrons. The molecular formula is C14H13N3O2. The number of pyridine rings is 1. The van der Waals surface area contributed by atoms with E-state index in [1.54, 1.807) is 25.3 Å². The molecule has 5 nitrogen and oxygen atoms in total. The molecule has 3 rings (SSSR count). The van der Waals surface area contributed by atoms with Gasteiger partial charge in [0.1, 0.15) is 11.6 Å². The Morgan fingerprint density at radius 1 is 1.16 bits per heavy atom. The number of rotatable bonds is 3. The largest absolute Gasteiger partial charge is 0.508 e. The molecule has 3 aromatic rings. The number of imidazole rings is 1. The summed E-state index contributed by atoms with van der Waals surface area (Å²) in [5.74, 6) is 1.57. The third kappa shape index (κ3) is 2.22. The zero-order valence-corrected chi connectivity index (χ0v) is 10.4. The summed E-state index contributed by atoms with van der Waals surface area (Å²) in [6.45, 7) is 0. The molecule has 0 bridgehead atoms. The van der Waals surface area contributed by atoms with Gasteiger partial charge in [-0.15, -0.1) is 0 Å². The highest BCUT2D eigenvalue weighted by Crippen LogP contribution is 2.20. The molecule has 0 radical (unpaired) electrons. The first-order valence-electron chi connectivity index (χ1n) is 5.93. The van der Waals surface area contributed by atoms with Gasteiger partial charge in [-0.25, -0.2) is 4.98 Å². The van der Waals surface area contributed by atoms with Gasteiger partial charge in [-0.2, -0.15) is 4.98 Å². The molecule has 1 aromatic carbocycles. The third-order valence-electron chi connectivity index (χ3n) is 2.93. The van der Waals surface area contributed by atoms with Gasteiger partial charge in [-0.1, -0.05) is 18.2 Å². The first kappa shape index (κ1) is 11.5. The fourth-order valence-corrected chi connectivity index (χ4v) is 1.96. The standard InChI is InChI=1S/C14H13N3O2/c1-19-13-7-6-10-14(17-13)16-12(15-10)8-9-4-2-3-5-11(9)18/h2-7,18H,8H2,1H3,(H,15,16,17). The van der Waals surface area contributed by atoms with Crippen LogP contribution in [0.25, 0.3) is 11.2 Å². The highest BCUT2D eigenvalue weighted by Gasteiger charge is 2.08. The second kappa shape index (κ2) is 4.61. The predicted molar refractivity (Wildman–Crippen MR) is 71.4 cm³/mol. The summed E-state index contributed by atoms with van der Waals surface area (Å²) in [4.78, 5) is 11.8. The molecule has 19 heavy (non-hydrogen) atoms. The first-order valence-corrected chi connectivity index (χ1v) is 5.93. The number of hydrogen-bond donors (Lipinski definition) is 2. The number of benzene rings is 1. The first-order chi connectivity index (χ1) is 9.26. The number of aromatic hydroxyl groups is 1. The number of ether oxygens (including phenoxy) is 1. The monoisotopic (exact) mass is 255 g/mol. The minimum Gasteiger partial charge on any atom is -0.508 e. The molecule has 0 saturated carbocycles. The number of aromatic amines is 1. The van der Waals surface area contributed by atoms with Gasteiger partial charge in [0.15, 0.2) is 5.65 Å². The summed E-state index contributed by atoms with van der Waals surface area (Å²) < 4.78 is 5.06. The van der Waals surface area contributed by atoms with Crippen LogP contribution in [-0.2, 0) is 6.42 Å². The lowest BCUT2D eigenvalue weighted by molar-refractivity contribution is 0.399. The number of aromatic nitrogens is 3. The minimum atomic E-state index is 0.272. The highest BCUT2D eigenvalue weighted by atomic mass is 16.5. The van der Waals surface area contributed by atoms with E-state index in [-0.39, 0.29) is 5.75 Å². The second-order valence-corrected chi connectivity index (χ2v) is 4.21. The number of H-pyrrole nitrogens is 1. The maximum absolute atomic E-state index is 9.75. The Hall–Kier alpha value is -2.56. The summed E-state index contributed by atoms with van der Waals surface area (Å²) in [6, 6.07) is 10.9. The van der Waals surface area contributed by atoms with E-state index in [2.05, 4.69) is 15.0 Å². The van der Waals surface area contributed by atoms with Gasteiger partial charge in [-0.3, -0.25) is 0 Å². The minimum absolute atomic E-state index is 0.272. The summed E-state index contributed by atoms with van der Waals surface area (Å²) in [5.41, 5.74) is 2.30. The summed E-state index contributed by atoms with van der Waals surface area (Å²) in [6.07, 6.45) is 0.533. The van der Waals surface area contributed by atoms with Crippen LogP contribution in [0.4, 0.5) is 0 Å². The van der Waals surface area contributed by atoms with Crippen molar-refractivity contribution in [3.05, 3.63) is 47.8 Å². The van der Waals surface area contributed by atoms with Crippen LogP contribution in [0.2, 0.25) is 0 Å². The molecule has 0 atom stereocenters. The molecule has 0 amide bonds. The zero-order valence-electron chi connectivity index (χ0n) is 10.4. The quantitative estimate of drug-likeness (QED) is 0.753. The van der Waals surface area contributed by atoms with Crippen LogP contribution in [-0.4, -0.2) is 27.2 Å². The maximum Gasteiger partial charge on any atom is 0.215 e. The molecule has 0 unspecified atom stereocenters. The Balaban J connectivity index is 1.95. The van der Waals surface area contributed by atoms with Crippen molar-refractivity contribution in [2.75, 3.05) is 7.11 Å². The van der Waals surface area contributed by atoms with Crippen LogP contribution in [0.1, 0.15) is 11.4 Å². The Morgan fingerprint density at radius 2 is 2.00 bits per heavy atom. The molecular weight excluding hydrogens is 242 g/mol. The second-order valence-electron chi connectivity index (χ2n) is 4.21. The Morgan fingerprint density at radius 3 is 2.79 bits per heavy atom. The van der Waals surface area contributed by atoms with E-state index in [1.165, 1.54) is 0 Å². The Bertz CT molecular complexity index is 722. The van der Waals surface area contributed by atoms with Crippen LogP contribution in [0.3, 0.4) is 0 Å². The molecule has 0 aliphatic rings. The molecule has 0 spiro atoms. The smallest absolute Gasteiger partial charge is 0.215 e. The summed E-state index contributed by atoms with van der Waals surface area (Å²) >= 11 is 0. The van der Waals surface area contributed by atoms with E-state index >= 15 is 0 Å². The third-order valence-corrected chi connectivity index (χ3v) is 2.93. The van der Waals surface area contributed by atoms with Crippen molar-refractivity contribution in [3.8, 4) is 11.6 Å². The number of nitrogens with one attached hydrogen (secondary N) is 1. The number of phenols is 1. The van der Waals surface area contributed by atoms with Crippen LogP contribution < -0.4 is 4.74 Å². The molecule has 0 aliphatic carbocycles. The van der Waals surface area contributed by atoms with Gasteiger partial charge >= 0.3 is 0 Å². The normalized spacial score (nSPS) is 10.8. The molecule has 5 heteroatoms. The zero-order chi connectivity index (χ0) is 13.2. The predicted octanol–water partition coefficient (Wildman–Crippen LogP) is 2.26. The number of hydrogen-bond acceptors (Lipinski definition) is 4. The number of para-hydroxylation sites is 1. The lowest BCUT2D eigenvalue weighted by Crippen LogP contribution is -1.91. The topological polar surface area (TPSA) is 71.0 Å². The number of methoxy groups -OCH3 is 1. The molecule has 0 fully saturated rings. The van der Waals surface area contributed by atoms with Crippen molar-refractivity contribution in [1.29, 1.82) is 0 Å². The fraction of sp³-hybridized carbons (Fsp3) is 0.143. The van der Waals surface area contributed by atoms with E-state index < -0.39 is 0 Å². The van der Waals surface area contributed by atoms with E-state index in [1.807, 2.05) is 18.2 Å². The van der Waals surface area contributed by atoms with Gasteiger partial charge < -0.3 is 14.8 Å². The molecule has 0 saturated heterocycles. The molecule has 2 N–H and O–H groups in total. The van der Waals surface area contributed by atoms with Crippen molar-refractivity contribution < 1.29 is 9.84 Å². The highest BCUT2D eigenvalue weighted by molar-refractivity contribution is 5.71. The van der Waals surface area contributed by atoms with Crippen molar-refractivity contribution in [1.82, 2.24) is 15.0 Å². The summed E-state index contributed by atoms with van der Waals surface area (Å²) in [5, 5.41) is 9.75. The van der Waals surface area contributed by atoms with Gasteiger partial charge in [0.2, 0.25) is 5.88 Å². The van der Waals surface area contributed by atoms with Crippen LogP contribution in [0.15, 0.2) is 36.4 Å². The van der Waals surface area contributed by atoms with Crippen molar-refractivity contribution in [2.24, 2.45) is 0 Å². The molecule has 0 aliphatic heterocycles. The Kier molecular flexibility index (Phi) is 2.79. The van der Waals surface area contributed by atoms with Crippen molar-refractivity contribution in [2.45, 2.75) is 6.42 Å². The average molecular weight is 255 g/mol. The van der Waals surface area contributed by atoms with Crippen LogP contribution >= 0.6 is 0 Å². The van der Waals surface area contributed by atoms with E-state index in [9.17, 15) is 5.11 Å². The van der Waals surface area contributed by atoms with Gasteiger partial charge in [0.25, 0.3) is 0 Å². The Labute approximate surface area is 109 Å². The van der Waals surface area contributed by atoms with Gasteiger partial charge in [0.05, 0.1) is 12.6 Å². The lowest BCUT2D eigenvalue weighted by atomic mass is 10.1. The molecule has 2 aromatic heterocycles. The van der Waals surface area contributed by atoms with Crippen LogP contribution in [0, 0.1) is 0 Å². The van der Waals surface area contributed by atoms with Crippen molar-refractivity contribution in [3.63, 3.8) is 0 Å². The number of nitrogens with zero attached hydrogens (tertiary/aromatic N) is 2. The van der Waals surface area contributed by atoms with Crippen LogP contribution in [0.5, 0.6) is 11.6 Å². The number of fused-ring (bicyclic) bond motifs is 1.